The van der Waals surface area contributed by atoms with Crippen molar-refractivity contribution in [2.75, 3.05) is 0 Å². The van der Waals surface area contributed by atoms with Crippen LogP contribution in [0, 0.1) is 16.7 Å². The Morgan fingerprint density at radius 2 is 1.31 bits per heavy atom. The van der Waals surface area contributed by atoms with Crippen LogP contribution in [-0.2, 0) is 0 Å². The average molecular weight is 199 g/mol. The fourth-order valence-corrected chi connectivity index (χ4v) is 4.60. The van der Waals surface area contributed by atoms with Gasteiger partial charge in [-0.2, -0.15) is 0 Å². The lowest BCUT2D eigenvalue weighted by Crippen LogP contribution is -2.66. The number of alkyl halides is 1. The predicted molar refractivity (Wildman–Crippen MR) is 58.0 cm³/mol. The van der Waals surface area contributed by atoms with E-state index >= 15 is 0 Å². The smallest absolute Gasteiger partial charge is 0.0605 e. The minimum Gasteiger partial charge on any atom is -0.118 e. The van der Waals surface area contributed by atoms with Crippen LogP contribution in [0.5, 0.6) is 0 Å². The van der Waals surface area contributed by atoms with Crippen molar-refractivity contribution in [2.24, 2.45) is 16.7 Å². The zero-order chi connectivity index (χ0) is 10.2. The van der Waals surface area contributed by atoms with Crippen LogP contribution >= 0.6 is 11.6 Å². The Labute approximate surface area is 86.4 Å². The molecule has 2 bridgehead atoms. The Balaban J connectivity index is 2.64. The van der Waals surface area contributed by atoms with Crippen LogP contribution < -0.4 is 0 Å². The van der Waals surface area contributed by atoms with Gasteiger partial charge in [0.1, 0.15) is 0 Å². The van der Waals surface area contributed by atoms with Crippen molar-refractivity contribution in [3.8, 4) is 0 Å². The van der Waals surface area contributed by atoms with Crippen LogP contribution in [0.25, 0.3) is 0 Å². The molecule has 13 heavy (non-hydrogen) atoms. The van der Waals surface area contributed by atoms with Gasteiger partial charge in [0.15, 0.2) is 0 Å². The number of hydrogen-bond acceptors (Lipinski definition) is 0. The molecule has 0 spiro atoms. The van der Waals surface area contributed by atoms with E-state index < -0.39 is 0 Å². The maximum atomic E-state index is 6.69. The lowest BCUT2D eigenvalue weighted by Gasteiger charge is -2.65. The summed E-state index contributed by atoms with van der Waals surface area (Å²) in [5.74, 6) is 0.697. The Bertz CT molecular complexity index is 285. The summed E-state index contributed by atoms with van der Waals surface area (Å²) in [5, 5.41) is 0. The van der Waals surface area contributed by atoms with Gasteiger partial charge < -0.3 is 0 Å². The molecule has 4 atom stereocenters. The number of halogens is 1. The standard InChI is InChI=1S/C12H19Cl/c1-7-8(2)11(5)9(3)10(7,4)12(11,6)13/h9H,1-6H3/t9?,10-,11+,12?. The van der Waals surface area contributed by atoms with Crippen LogP contribution in [0.3, 0.4) is 0 Å². The van der Waals surface area contributed by atoms with Crippen molar-refractivity contribution in [2.45, 2.75) is 46.4 Å². The zero-order valence-corrected chi connectivity index (χ0v) is 10.2. The molecule has 3 aliphatic rings. The molecular weight excluding hydrogens is 180 g/mol. The van der Waals surface area contributed by atoms with Gasteiger partial charge in [0.05, 0.1) is 4.87 Å². The SMILES string of the molecule is CC1=C(C)[C@]2(C)C(C)[C@@]1(C)C2(C)Cl. The first-order valence-corrected chi connectivity index (χ1v) is 5.47. The third kappa shape index (κ3) is 0.571. The molecule has 0 aromatic heterocycles. The van der Waals surface area contributed by atoms with Crippen LogP contribution in [0.2, 0.25) is 0 Å². The van der Waals surface area contributed by atoms with Gasteiger partial charge in [-0.1, -0.05) is 31.9 Å². The Morgan fingerprint density at radius 1 is 1.00 bits per heavy atom. The molecule has 3 aliphatic carbocycles. The van der Waals surface area contributed by atoms with E-state index in [0.29, 0.717) is 5.92 Å². The Hall–Kier alpha value is 0.0300. The first-order valence-electron chi connectivity index (χ1n) is 5.09. The van der Waals surface area contributed by atoms with Gasteiger partial charge >= 0.3 is 0 Å². The quantitative estimate of drug-likeness (QED) is 0.408. The second-order valence-corrected chi connectivity index (χ2v) is 6.14. The highest BCUT2D eigenvalue weighted by molar-refractivity contribution is 6.26. The fourth-order valence-electron chi connectivity index (χ4n) is 3.98. The van der Waals surface area contributed by atoms with Crippen molar-refractivity contribution in [3.05, 3.63) is 11.1 Å². The molecule has 1 heteroatoms. The summed E-state index contributed by atoms with van der Waals surface area (Å²) >= 11 is 6.69. The molecule has 0 heterocycles. The molecule has 0 nitrogen and oxygen atoms in total. The third-order valence-electron chi connectivity index (χ3n) is 5.80. The summed E-state index contributed by atoms with van der Waals surface area (Å²) in [6, 6.07) is 0. The highest BCUT2D eigenvalue weighted by atomic mass is 35.5. The highest BCUT2D eigenvalue weighted by Crippen LogP contribution is 2.80. The summed E-state index contributed by atoms with van der Waals surface area (Å²) in [5.41, 5.74) is 3.51. The third-order valence-corrected chi connectivity index (χ3v) is 6.59. The lowest BCUT2D eigenvalue weighted by molar-refractivity contribution is -0.0591. The van der Waals surface area contributed by atoms with E-state index in [1.165, 1.54) is 11.1 Å². The molecule has 0 aromatic carbocycles. The van der Waals surface area contributed by atoms with E-state index in [2.05, 4.69) is 41.5 Å². The van der Waals surface area contributed by atoms with Gasteiger partial charge in [0.25, 0.3) is 0 Å². The summed E-state index contributed by atoms with van der Waals surface area (Å²) < 4.78 is 0. The van der Waals surface area contributed by atoms with Gasteiger partial charge in [-0.25, -0.2) is 0 Å². The largest absolute Gasteiger partial charge is 0.118 e. The first kappa shape index (κ1) is 9.58. The minimum atomic E-state index is -0.0619. The molecule has 0 saturated heterocycles. The first-order chi connectivity index (χ1) is 5.72. The van der Waals surface area contributed by atoms with Crippen LogP contribution in [-0.4, -0.2) is 4.87 Å². The monoisotopic (exact) mass is 198 g/mol. The molecule has 0 aliphatic heterocycles. The highest BCUT2D eigenvalue weighted by Gasteiger charge is 2.77. The van der Waals surface area contributed by atoms with Gasteiger partial charge in [-0.3, -0.25) is 0 Å². The van der Waals surface area contributed by atoms with E-state index in [1.807, 2.05) is 0 Å². The normalized spacial score (nSPS) is 59.8. The van der Waals surface area contributed by atoms with Crippen molar-refractivity contribution < 1.29 is 0 Å². The van der Waals surface area contributed by atoms with Gasteiger partial charge in [0, 0.05) is 10.8 Å². The molecule has 1 fully saturated rings. The van der Waals surface area contributed by atoms with E-state index in [1.54, 1.807) is 0 Å². The zero-order valence-electron chi connectivity index (χ0n) is 9.46. The number of rotatable bonds is 0. The molecule has 3 rings (SSSR count). The molecule has 2 unspecified atom stereocenters. The summed E-state index contributed by atoms with van der Waals surface area (Å²) in [7, 11) is 0. The van der Waals surface area contributed by atoms with E-state index in [0.717, 1.165) is 0 Å². The minimum absolute atomic E-state index is 0.0619. The maximum absolute atomic E-state index is 6.69. The fraction of sp³-hybridized carbons (Fsp3) is 0.833. The number of allylic oxidation sites excluding steroid dienone is 2. The van der Waals surface area contributed by atoms with E-state index in [4.69, 9.17) is 11.6 Å². The predicted octanol–water partition coefficient (Wildman–Crippen LogP) is 4.00. The molecule has 1 saturated carbocycles. The summed E-state index contributed by atoms with van der Waals surface area (Å²) in [6.45, 7) is 13.7. The molecule has 0 radical (unpaired) electrons. The number of hydrogen-bond donors (Lipinski definition) is 0. The van der Waals surface area contributed by atoms with Crippen LogP contribution in [0.15, 0.2) is 11.1 Å². The van der Waals surface area contributed by atoms with Crippen molar-refractivity contribution in [1.29, 1.82) is 0 Å². The van der Waals surface area contributed by atoms with E-state index in [-0.39, 0.29) is 15.7 Å². The Morgan fingerprint density at radius 3 is 1.38 bits per heavy atom. The van der Waals surface area contributed by atoms with Crippen LogP contribution in [0.1, 0.15) is 41.5 Å². The molecule has 0 amide bonds. The average Bonchev–Trinajstić information content (AvgIpc) is 2.26. The maximum Gasteiger partial charge on any atom is 0.0605 e. The van der Waals surface area contributed by atoms with Gasteiger partial charge in [-0.15, -0.1) is 11.6 Å². The lowest BCUT2D eigenvalue weighted by atomic mass is 9.44. The Kier molecular flexibility index (Phi) is 1.48. The second-order valence-electron chi connectivity index (χ2n) is 5.38. The molecular formula is C12H19Cl. The van der Waals surface area contributed by atoms with Crippen molar-refractivity contribution >= 4 is 11.6 Å². The van der Waals surface area contributed by atoms with Gasteiger partial charge in [0.2, 0.25) is 0 Å². The van der Waals surface area contributed by atoms with Gasteiger partial charge in [-0.05, 0) is 26.7 Å². The van der Waals surface area contributed by atoms with Crippen LogP contribution in [0.4, 0.5) is 0 Å². The molecule has 74 valence electrons. The summed E-state index contributed by atoms with van der Waals surface area (Å²) in [4.78, 5) is -0.0619. The molecule has 0 aromatic rings. The van der Waals surface area contributed by atoms with Crippen molar-refractivity contribution in [1.82, 2.24) is 0 Å². The second kappa shape index (κ2) is 2.00. The molecule has 0 N–H and O–H groups in total. The summed E-state index contributed by atoms with van der Waals surface area (Å²) in [6.07, 6.45) is 0. The van der Waals surface area contributed by atoms with Crippen molar-refractivity contribution in [3.63, 3.8) is 0 Å². The topological polar surface area (TPSA) is 0 Å². The van der Waals surface area contributed by atoms with E-state index in [9.17, 15) is 0 Å².